The summed E-state index contributed by atoms with van der Waals surface area (Å²) in [5.74, 6) is 0.145. The van der Waals surface area contributed by atoms with E-state index in [4.69, 9.17) is 0 Å². The number of carbonyl (C=O) groups excluding carboxylic acids is 1. The molecule has 102 valence electrons. The zero-order valence-electron chi connectivity index (χ0n) is 12.0. The molecular formula is C14H24N2OS. The molecule has 3 nitrogen and oxygen atoms in total. The monoisotopic (exact) mass is 268 g/mol. The fourth-order valence-corrected chi connectivity index (χ4v) is 2.50. The van der Waals surface area contributed by atoms with Crippen molar-refractivity contribution in [2.45, 2.75) is 39.2 Å². The lowest BCUT2D eigenvalue weighted by Gasteiger charge is -2.25. The summed E-state index contributed by atoms with van der Waals surface area (Å²) in [6, 6.07) is 4.47. The maximum absolute atomic E-state index is 11.8. The normalized spacial score (nSPS) is 11.9. The van der Waals surface area contributed by atoms with Crippen LogP contribution < -0.4 is 5.32 Å². The van der Waals surface area contributed by atoms with Crippen molar-refractivity contribution in [2.24, 2.45) is 0 Å². The van der Waals surface area contributed by atoms with E-state index in [2.05, 4.69) is 36.7 Å². The van der Waals surface area contributed by atoms with Gasteiger partial charge in [-0.2, -0.15) is 0 Å². The molecule has 1 N–H and O–H groups in total. The van der Waals surface area contributed by atoms with Gasteiger partial charge in [0, 0.05) is 29.9 Å². The van der Waals surface area contributed by atoms with Crippen LogP contribution >= 0.6 is 11.3 Å². The third-order valence-electron chi connectivity index (χ3n) is 3.20. The summed E-state index contributed by atoms with van der Waals surface area (Å²) in [6.45, 7) is 9.65. The van der Waals surface area contributed by atoms with Gasteiger partial charge in [-0.15, -0.1) is 11.3 Å². The summed E-state index contributed by atoms with van der Waals surface area (Å²) >= 11 is 1.76. The Balaban J connectivity index is 2.40. The summed E-state index contributed by atoms with van der Waals surface area (Å²) in [7, 11) is 1.85. The Bertz CT molecular complexity index is 371. The lowest BCUT2D eigenvalue weighted by molar-refractivity contribution is -0.130. The van der Waals surface area contributed by atoms with Crippen LogP contribution in [0.3, 0.4) is 0 Å². The Morgan fingerprint density at radius 2 is 2.17 bits per heavy atom. The molecule has 0 aliphatic carbocycles. The molecule has 0 bridgehead atoms. The van der Waals surface area contributed by atoms with Crippen molar-refractivity contribution in [1.82, 2.24) is 10.2 Å². The molecule has 1 aromatic heterocycles. The van der Waals surface area contributed by atoms with Gasteiger partial charge < -0.3 is 10.2 Å². The number of nitrogens with zero attached hydrogens (tertiary/aromatic N) is 1. The van der Waals surface area contributed by atoms with Gasteiger partial charge in [0.1, 0.15) is 0 Å². The van der Waals surface area contributed by atoms with Gasteiger partial charge in [0.15, 0.2) is 0 Å². The highest BCUT2D eigenvalue weighted by Crippen LogP contribution is 2.26. The molecule has 18 heavy (non-hydrogen) atoms. The van der Waals surface area contributed by atoms with Crippen LogP contribution in [0.1, 0.15) is 32.6 Å². The molecule has 0 radical (unpaired) electrons. The van der Waals surface area contributed by atoms with Crippen LogP contribution in [0.25, 0.3) is 0 Å². The molecule has 1 rings (SSSR count). The fourth-order valence-electron chi connectivity index (χ4n) is 1.65. The maximum atomic E-state index is 11.8. The molecular weight excluding hydrogens is 244 g/mol. The van der Waals surface area contributed by atoms with Crippen LogP contribution in [0, 0.1) is 0 Å². The van der Waals surface area contributed by atoms with Crippen LogP contribution in [0.15, 0.2) is 17.5 Å². The van der Waals surface area contributed by atoms with E-state index in [1.54, 1.807) is 16.2 Å². The van der Waals surface area contributed by atoms with Crippen molar-refractivity contribution in [3.05, 3.63) is 22.4 Å². The number of amides is 1. The predicted molar refractivity (Wildman–Crippen MR) is 78.1 cm³/mol. The average Bonchev–Trinajstić information content (AvgIpc) is 2.81. The molecule has 0 spiro atoms. The highest BCUT2D eigenvalue weighted by atomic mass is 32.1. The lowest BCUT2D eigenvalue weighted by atomic mass is 9.91. The Kier molecular flexibility index (Phi) is 5.35. The van der Waals surface area contributed by atoms with Crippen LogP contribution in [-0.2, 0) is 10.2 Å². The molecule has 0 saturated heterocycles. The van der Waals surface area contributed by atoms with E-state index in [1.165, 1.54) is 4.88 Å². The minimum absolute atomic E-state index is 0.0743. The second kappa shape index (κ2) is 6.34. The van der Waals surface area contributed by atoms with E-state index >= 15 is 0 Å². The molecule has 0 saturated carbocycles. The van der Waals surface area contributed by atoms with Gasteiger partial charge in [-0.1, -0.05) is 19.9 Å². The minimum atomic E-state index is 0.0743. The first-order valence-corrected chi connectivity index (χ1v) is 7.23. The quantitative estimate of drug-likeness (QED) is 0.859. The molecule has 0 aliphatic heterocycles. The van der Waals surface area contributed by atoms with Gasteiger partial charge >= 0.3 is 0 Å². The van der Waals surface area contributed by atoms with Crippen LogP contribution in [0.2, 0.25) is 0 Å². The van der Waals surface area contributed by atoms with E-state index in [9.17, 15) is 4.79 Å². The van der Waals surface area contributed by atoms with Crippen molar-refractivity contribution < 1.29 is 4.79 Å². The maximum Gasteiger partial charge on any atom is 0.236 e. The summed E-state index contributed by atoms with van der Waals surface area (Å²) < 4.78 is 0. The third kappa shape index (κ3) is 4.10. The zero-order chi connectivity index (χ0) is 13.8. The molecule has 1 aromatic rings. The van der Waals surface area contributed by atoms with Crippen molar-refractivity contribution in [2.75, 3.05) is 20.1 Å². The highest BCUT2D eigenvalue weighted by Gasteiger charge is 2.22. The molecule has 0 aromatic carbocycles. The number of carbonyl (C=O) groups is 1. The summed E-state index contributed by atoms with van der Waals surface area (Å²) in [6.07, 6.45) is 0. The largest absolute Gasteiger partial charge is 0.342 e. The summed E-state index contributed by atoms with van der Waals surface area (Å²) in [5, 5.41) is 5.36. The van der Waals surface area contributed by atoms with Gasteiger partial charge in [-0.25, -0.2) is 0 Å². The van der Waals surface area contributed by atoms with Gasteiger partial charge in [-0.05, 0) is 25.3 Å². The predicted octanol–water partition coefficient (Wildman–Crippen LogP) is 2.48. The first-order valence-electron chi connectivity index (χ1n) is 6.35. The fraction of sp³-hybridized carbons (Fsp3) is 0.643. The molecule has 0 fully saturated rings. The second-order valence-electron chi connectivity index (χ2n) is 5.56. The molecule has 0 aliphatic rings. The zero-order valence-corrected chi connectivity index (χ0v) is 12.8. The standard InChI is InChI=1S/C14H24N2OS/c1-11(2)16(5)13(17)9-15-10-14(3,4)12-7-6-8-18-12/h6-8,11,15H,9-10H2,1-5H3. The van der Waals surface area contributed by atoms with Gasteiger partial charge in [0.05, 0.1) is 6.54 Å². The Hall–Kier alpha value is -0.870. The van der Waals surface area contributed by atoms with Gasteiger partial charge in [0.25, 0.3) is 0 Å². The number of thiophene rings is 1. The van der Waals surface area contributed by atoms with Crippen LogP contribution in [-0.4, -0.2) is 37.0 Å². The number of likely N-dealkylation sites (N-methyl/N-ethyl adjacent to an activating group) is 1. The molecule has 4 heteroatoms. The van der Waals surface area contributed by atoms with Crippen molar-refractivity contribution >= 4 is 17.2 Å². The number of hydrogen-bond donors (Lipinski definition) is 1. The minimum Gasteiger partial charge on any atom is -0.342 e. The smallest absolute Gasteiger partial charge is 0.236 e. The molecule has 0 unspecified atom stereocenters. The number of rotatable bonds is 6. The van der Waals surface area contributed by atoms with Crippen LogP contribution in [0.5, 0.6) is 0 Å². The Morgan fingerprint density at radius 1 is 1.50 bits per heavy atom. The SMILES string of the molecule is CC(C)N(C)C(=O)CNCC(C)(C)c1cccs1. The first-order chi connectivity index (χ1) is 8.34. The molecule has 1 heterocycles. The summed E-state index contributed by atoms with van der Waals surface area (Å²) in [4.78, 5) is 14.9. The van der Waals surface area contributed by atoms with Crippen molar-refractivity contribution in [1.29, 1.82) is 0 Å². The van der Waals surface area contributed by atoms with Crippen molar-refractivity contribution in [3.63, 3.8) is 0 Å². The van der Waals surface area contributed by atoms with Crippen molar-refractivity contribution in [3.8, 4) is 0 Å². The number of hydrogen-bond acceptors (Lipinski definition) is 3. The van der Waals surface area contributed by atoms with Gasteiger partial charge in [-0.3, -0.25) is 4.79 Å². The van der Waals surface area contributed by atoms with E-state index < -0.39 is 0 Å². The van der Waals surface area contributed by atoms with Gasteiger partial charge in [0.2, 0.25) is 5.91 Å². The Labute approximate surface area is 114 Å². The average molecular weight is 268 g/mol. The van der Waals surface area contributed by atoms with E-state index in [0.717, 1.165) is 6.54 Å². The third-order valence-corrected chi connectivity index (χ3v) is 4.44. The number of nitrogens with one attached hydrogen (secondary N) is 1. The lowest BCUT2D eigenvalue weighted by Crippen LogP contribution is -2.42. The molecule has 0 atom stereocenters. The second-order valence-corrected chi connectivity index (χ2v) is 6.51. The van der Waals surface area contributed by atoms with E-state index in [1.807, 2.05) is 20.9 Å². The summed E-state index contributed by atoms with van der Waals surface area (Å²) in [5.41, 5.74) is 0.0743. The van der Waals surface area contributed by atoms with E-state index in [0.29, 0.717) is 6.54 Å². The molecule has 1 amide bonds. The van der Waals surface area contributed by atoms with Crippen LogP contribution in [0.4, 0.5) is 0 Å². The first kappa shape index (κ1) is 15.2. The topological polar surface area (TPSA) is 32.3 Å². The highest BCUT2D eigenvalue weighted by molar-refractivity contribution is 7.10. The van der Waals surface area contributed by atoms with E-state index in [-0.39, 0.29) is 17.4 Å². The Morgan fingerprint density at radius 3 is 2.67 bits per heavy atom.